The number of carbonyl (C=O) groups excluding carboxylic acids is 4. The van der Waals surface area contributed by atoms with E-state index in [1.165, 1.54) is 6.92 Å². The number of methoxy groups -OCH3 is 1. The molecule has 0 bridgehead atoms. The number of rotatable bonds is 2. The highest BCUT2D eigenvalue weighted by atomic mass is 16.6. The van der Waals surface area contributed by atoms with Crippen LogP contribution in [-0.4, -0.2) is 37.2 Å². The molecule has 2 atom stereocenters. The van der Waals surface area contributed by atoms with Gasteiger partial charge >= 0.3 is 12.2 Å². The number of benzene rings is 1. The average Bonchev–Trinajstić information content (AvgIpc) is 3.00. The lowest BCUT2D eigenvalue weighted by Gasteiger charge is -2.06. The number of ether oxygens (including phenoxy) is 3. The molecule has 2 N–H and O–H groups in total. The van der Waals surface area contributed by atoms with Crippen LogP contribution in [-0.2, 0) is 19.1 Å². The molecule has 1 aromatic carbocycles. The maximum Gasteiger partial charge on any atom is 0.415 e. The standard InChI is InChI=1S/C10H9NO4.C4H5NO3/c1-14-7-4-2-6(3-5-7)8-9(12)11-10(13)15-8;1-2-3(6)5-4(7)8-2/h2-5,8H,1H3,(H,11,12,13);2H,1H3,(H,5,6,7). The molecule has 0 aromatic heterocycles. The number of carbonyl (C=O) groups is 4. The van der Waals surface area contributed by atoms with Crippen molar-refractivity contribution in [3.63, 3.8) is 0 Å². The lowest BCUT2D eigenvalue weighted by molar-refractivity contribution is -0.124. The Morgan fingerprint density at radius 2 is 1.48 bits per heavy atom. The van der Waals surface area contributed by atoms with Crippen LogP contribution in [0, 0.1) is 0 Å². The predicted octanol–water partition coefficient (Wildman–Crippen LogP) is 0.644. The zero-order valence-corrected chi connectivity index (χ0v) is 12.3. The minimum atomic E-state index is -0.844. The molecule has 2 heterocycles. The van der Waals surface area contributed by atoms with Gasteiger partial charge < -0.3 is 14.2 Å². The van der Waals surface area contributed by atoms with Gasteiger partial charge in [0.15, 0.2) is 6.10 Å². The first-order valence-corrected chi connectivity index (χ1v) is 6.57. The molecule has 1 aromatic rings. The van der Waals surface area contributed by atoms with E-state index in [4.69, 9.17) is 9.47 Å². The summed E-state index contributed by atoms with van der Waals surface area (Å²) in [5, 5.41) is 4.03. The molecular weight excluding hydrogens is 308 g/mol. The summed E-state index contributed by atoms with van der Waals surface area (Å²) >= 11 is 0. The van der Waals surface area contributed by atoms with Gasteiger partial charge in [0, 0.05) is 5.56 Å². The van der Waals surface area contributed by atoms with Crippen molar-refractivity contribution in [3.8, 4) is 5.75 Å². The number of hydrogen-bond donors (Lipinski definition) is 2. The van der Waals surface area contributed by atoms with E-state index in [0.717, 1.165) is 0 Å². The highest BCUT2D eigenvalue weighted by Crippen LogP contribution is 2.23. The summed E-state index contributed by atoms with van der Waals surface area (Å²) in [7, 11) is 1.55. The summed E-state index contributed by atoms with van der Waals surface area (Å²) in [5.74, 6) is -0.122. The van der Waals surface area contributed by atoms with Crippen LogP contribution in [0.25, 0.3) is 0 Å². The van der Waals surface area contributed by atoms with Crippen molar-refractivity contribution < 1.29 is 33.4 Å². The highest BCUT2D eigenvalue weighted by Gasteiger charge is 2.33. The van der Waals surface area contributed by atoms with Gasteiger partial charge in [-0.1, -0.05) is 12.1 Å². The van der Waals surface area contributed by atoms with E-state index in [9.17, 15) is 19.2 Å². The van der Waals surface area contributed by atoms with Gasteiger partial charge in [0.1, 0.15) is 5.75 Å². The summed E-state index contributed by atoms with van der Waals surface area (Å²) in [6, 6.07) is 6.77. The summed E-state index contributed by atoms with van der Waals surface area (Å²) in [4.78, 5) is 42.5. The van der Waals surface area contributed by atoms with E-state index in [-0.39, 0.29) is 5.91 Å². The van der Waals surface area contributed by atoms with Gasteiger partial charge in [-0.15, -0.1) is 0 Å². The molecule has 2 aliphatic heterocycles. The normalized spacial score (nSPS) is 22.3. The van der Waals surface area contributed by atoms with Crippen LogP contribution in [0.5, 0.6) is 5.75 Å². The average molecular weight is 322 g/mol. The molecule has 9 heteroatoms. The summed E-state index contributed by atoms with van der Waals surface area (Å²) in [6.07, 6.45) is -2.81. The molecule has 2 fully saturated rings. The van der Waals surface area contributed by atoms with Crippen molar-refractivity contribution in [2.75, 3.05) is 7.11 Å². The van der Waals surface area contributed by atoms with E-state index in [1.807, 2.05) is 5.32 Å². The number of alkyl carbamates (subject to hydrolysis) is 2. The second kappa shape index (κ2) is 6.77. The van der Waals surface area contributed by atoms with Crippen molar-refractivity contribution in [2.45, 2.75) is 19.1 Å². The number of cyclic esters (lactones) is 2. The van der Waals surface area contributed by atoms with E-state index < -0.39 is 30.3 Å². The molecule has 23 heavy (non-hydrogen) atoms. The van der Waals surface area contributed by atoms with Gasteiger partial charge in [-0.2, -0.15) is 0 Å². The van der Waals surface area contributed by atoms with E-state index >= 15 is 0 Å². The summed E-state index contributed by atoms with van der Waals surface area (Å²) in [5.41, 5.74) is 0.624. The third-order valence-corrected chi connectivity index (χ3v) is 2.99. The molecule has 2 unspecified atom stereocenters. The Morgan fingerprint density at radius 3 is 1.83 bits per heavy atom. The molecular formula is C14H14N2O7. The third-order valence-electron chi connectivity index (χ3n) is 2.99. The molecule has 122 valence electrons. The Balaban J connectivity index is 0.000000203. The van der Waals surface area contributed by atoms with Crippen LogP contribution < -0.4 is 15.4 Å². The topological polar surface area (TPSA) is 120 Å². The lowest BCUT2D eigenvalue weighted by Crippen LogP contribution is -2.22. The minimum absolute atomic E-state index is 0.366. The van der Waals surface area contributed by atoms with Crippen LogP contribution in [0.2, 0.25) is 0 Å². The summed E-state index contributed by atoms with van der Waals surface area (Å²) < 4.78 is 14.1. The molecule has 9 nitrogen and oxygen atoms in total. The van der Waals surface area contributed by atoms with Crippen LogP contribution in [0.4, 0.5) is 9.59 Å². The Kier molecular flexibility index (Phi) is 4.79. The maximum atomic E-state index is 11.3. The van der Waals surface area contributed by atoms with Gasteiger partial charge in [-0.05, 0) is 19.1 Å². The first-order valence-electron chi connectivity index (χ1n) is 6.57. The van der Waals surface area contributed by atoms with E-state index in [2.05, 4.69) is 10.1 Å². The molecule has 3 rings (SSSR count). The Labute approximate surface area is 130 Å². The zero-order chi connectivity index (χ0) is 17.0. The van der Waals surface area contributed by atoms with Crippen LogP contribution in [0.15, 0.2) is 24.3 Å². The fourth-order valence-corrected chi connectivity index (χ4v) is 1.80. The molecule has 2 saturated heterocycles. The second-order valence-corrected chi connectivity index (χ2v) is 4.58. The van der Waals surface area contributed by atoms with Crippen molar-refractivity contribution in [1.82, 2.24) is 10.6 Å². The third kappa shape index (κ3) is 3.96. The van der Waals surface area contributed by atoms with Gasteiger partial charge in [0.05, 0.1) is 7.11 Å². The first kappa shape index (κ1) is 16.3. The predicted molar refractivity (Wildman–Crippen MR) is 74.4 cm³/mol. The molecule has 0 saturated carbocycles. The van der Waals surface area contributed by atoms with Crippen LogP contribution in [0.3, 0.4) is 0 Å². The lowest BCUT2D eigenvalue weighted by atomic mass is 10.1. The van der Waals surface area contributed by atoms with Gasteiger partial charge in [0.25, 0.3) is 11.8 Å². The maximum absolute atomic E-state index is 11.3. The fraction of sp³-hybridized carbons (Fsp3) is 0.286. The van der Waals surface area contributed by atoms with E-state index in [1.54, 1.807) is 31.4 Å². The highest BCUT2D eigenvalue weighted by molar-refractivity contribution is 6.00. The number of amides is 4. The van der Waals surface area contributed by atoms with Crippen molar-refractivity contribution >= 4 is 24.0 Å². The molecule has 2 aliphatic rings. The quantitative estimate of drug-likeness (QED) is 0.820. The van der Waals surface area contributed by atoms with E-state index in [0.29, 0.717) is 11.3 Å². The molecule has 4 amide bonds. The van der Waals surface area contributed by atoms with Crippen LogP contribution in [0.1, 0.15) is 18.6 Å². The number of nitrogens with one attached hydrogen (secondary N) is 2. The van der Waals surface area contributed by atoms with Gasteiger partial charge in [0.2, 0.25) is 6.10 Å². The minimum Gasteiger partial charge on any atom is -0.497 e. The van der Waals surface area contributed by atoms with Gasteiger partial charge in [-0.3, -0.25) is 20.2 Å². The Hall–Kier alpha value is -3.10. The largest absolute Gasteiger partial charge is 0.497 e. The molecule has 0 radical (unpaired) electrons. The summed E-state index contributed by atoms with van der Waals surface area (Å²) in [6.45, 7) is 1.51. The smallest absolute Gasteiger partial charge is 0.415 e. The fourth-order valence-electron chi connectivity index (χ4n) is 1.80. The van der Waals surface area contributed by atoms with Gasteiger partial charge in [-0.25, -0.2) is 9.59 Å². The molecule has 0 aliphatic carbocycles. The molecule has 0 spiro atoms. The second-order valence-electron chi connectivity index (χ2n) is 4.58. The van der Waals surface area contributed by atoms with Crippen LogP contribution >= 0.6 is 0 Å². The number of imide groups is 2. The first-order chi connectivity index (χ1) is 10.9. The zero-order valence-electron chi connectivity index (χ0n) is 12.3. The Bertz CT molecular complexity index is 641. The van der Waals surface area contributed by atoms with Crippen molar-refractivity contribution in [1.29, 1.82) is 0 Å². The monoisotopic (exact) mass is 322 g/mol. The Morgan fingerprint density at radius 1 is 0.913 bits per heavy atom. The SMILES string of the molecule is CC1OC(=O)NC1=O.COc1ccc(C2OC(=O)NC2=O)cc1. The van der Waals surface area contributed by atoms with Crippen molar-refractivity contribution in [3.05, 3.63) is 29.8 Å². The number of hydrogen-bond acceptors (Lipinski definition) is 7. The van der Waals surface area contributed by atoms with Crippen molar-refractivity contribution in [2.24, 2.45) is 0 Å².